The van der Waals surface area contributed by atoms with Gasteiger partial charge in [-0.05, 0) is 42.2 Å². The minimum Gasteiger partial charge on any atom is -0.306 e. The third kappa shape index (κ3) is 3.23. The SMILES string of the molecule is C[C@H](NC1CSCCC1(C)C)c1ccncc1. The van der Waals surface area contributed by atoms with Gasteiger partial charge in [0.2, 0.25) is 0 Å². The first-order chi connectivity index (χ1) is 8.09. The smallest absolute Gasteiger partial charge is 0.0296 e. The molecular formula is C14H22N2S. The van der Waals surface area contributed by atoms with Crippen molar-refractivity contribution in [1.82, 2.24) is 10.3 Å². The molecule has 94 valence electrons. The Morgan fingerprint density at radius 3 is 2.76 bits per heavy atom. The zero-order chi connectivity index (χ0) is 12.3. The summed E-state index contributed by atoms with van der Waals surface area (Å²) in [5.41, 5.74) is 1.73. The first-order valence-electron chi connectivity index (χ1n) is 6.33. The van der Waals surface area contributed by atoms with E-state index in [1.807, 2.05) is 12.4 Å². The zero-order valence-electron chi connectivity index (χ0n) is 10.9. The highest BCUT2D eigenvalue weighted by Gasteiger charge is 2.33. The lowest BCUT2D eigenvalue weighted by Gasteiger charge is -2.40. The van der Waals surface area contributed by atoms with Gasteiger partial charge in [0, 0.05) is 30.2 Å². The van der Waals surface area contributed by atoms with Crippen LogP contribution in [0.25, 0.3) is 0 Å². The van der Waals surface area contributed by atoms with E-state index in [0.29, 0.717) is 17.5 Å². The van der Waals surface area contributed by atoms with Gasteiger partial charge in [0.05, 0.1) is 0 Å². The molecule has 1 unspecified atom stereocenters. The van der Waals surface area contributed by atoms with Gasteiger partial charge >= 0.3 is 0 Å². The molecule has 0 aliphatic carbocycles. The fourth-order valence-electron chi connectivity index (χ4n) is 2.26. The van der Waals surface area contributed by atoms with Crippen LogP contribution in [-0.4, -0.2) is 22.5 Å². The Bertz CT molecular complexity index is 350. The first kappa shape index (κ1) is 12.9. The number of rotatable bonds is 3. The van der Waals surface area contributed by atoms with Crippen LogP contribution in [0.4, 0.5) is 0 Å². The van der Waals surface area contributed by atoms with E-state index in [9.17, 15) is 0 Å². The van der Waals surface area contributed by atoms with E-state index < -0.39 is 0 Å². The van der Waals surface area contributed by atoms with E-state index in [4.69, 9.17) is 0 Å². The maximum absolute atomic E-state index is 4.07. The summed E-state index contributed by atoms with van der Waals surface area (Å²) in [6, 6.07) is 5.20. The molecule has 0 aromatic carbocycles. The van der Waals surface area contributed by atoms with Crippen molar-refractivity contribution in [1.29, 1.82) is 0 Å². The van der Waals surface area contributed by atoms with Crippen molar-refractivity contribution in [3.63, 3.8) is 0 Å². The van der Waals surface area contributed by atoms with Crippen molar-refractivity contribution in [2.75, 3.05) is 11.5 Å². The predicted molar refractivity (Wildman–Crippen MR) is 75.3 cm³/mol. The van der Waals surface area contributed by atoms with Gasteiger partial charge in [-0.2, -0.15) is 11.8 Å². The molecule has 2 heterocycles. The van der Waals surface area contributed by atoms with Crippen LogP contribution in [-0.2, 0) is 0 Å². The molecule has 1 aliphatic rings. The summed E-state index contributed by atoms with van der Waals surface area (Å²) in [6.07, 6.45) is 5.04. The Balaban J connectivity index is 2.00. The highest BCUT2D eigenvalue weighted by Crippen LogP contribution is 2.35. The molecule has 3 heteroatoms. The predicted octanol–water partition coefficient (Wildman–Crippen LogP) is 3.26. The van der Waals surface area contributed by atoms with Crippen LogP contribution in [0.15, 0.2) is 24.5 Å². The molecule has 0 bridgehead atoms. The van der Waals surface area contributed by atoms with Crippen LogP contribution in [0.1, 0.15) is 38.8 Å². The molecule has 2 rings (SSSR count). The van der Waals surface area contributed by atoms with Crippen molar-refractivity contribution >= 4 is 11.8 Å². The van der Waals surface area contributed by atoms with E-state index in [2.05, 4.69) is 55.0 Å². The Morgan fingerprint density at radius 2 is 2.12 bits per heavy atom. The van der Waals surface area contributed by atoms with Crippen molar-refractivity contribution < 1.29 is 0 Å². The summed E-state index contributed by atoms with van der Waals surface area (Å²) >= 11 is 2.07. The van der Waals surface area contributed by atoms with Crippen LogP contribution in [0.5, 0.6) is 0 Å². The molecule has 1 saturated heterocycles. The molecule has 0 spiro atoms. The van der Waals surface area contributed by atoms with Crippen molar-refractivity contribution in [3.8, 4) is 0 Å². The second-order valence-corrected chi connectivity index (χ2v) is 6.68. The molecule has 1 aliphatic heterocycles. The van der Waals surface area contributed by atoms with E-state index in [0.717, 1.165) is 0 Å². The van der Waals surface area contributed by atoms with Gasteiger partial charge in [-0.15, -0.1) is 0 Å². The lowest BCUT2D eigenvalue weighted by Crippen LogP contribution is -2.47. The Kier molecular flexibility index (Phi) is 4.10. The summed E-state index contributed by atoms with van der Waals surface area (Å²) in [5.74, 6) is 2.53. The number of aromatic nitrogens is 1. The number of thioether (sulfide) groups is 1. The average molecular weight is 250 g/mol. The second-order valence-electron chi connectivity index (χ2n) is 5.53. The highest BCUT2D eigenvalue weighted by atomic mass is 32.2. The number of nitrogens with zero attached hydrogens (tertiary/aromatic N) is 1. The summed E-state index contributed by atoms with van der Waals surface area (Å²) in [7, 11) is 0. The van der Waals surface area contributed by atoms with Crippen molar-refractivity contribution in [3.05, 3.63) is 30.1 Å². The molecule has 0 amide bonds. The van der Waals surface area contributed by atoms with E-state index in [1.54, 1.807) is 0 Å². The fourth-order valence-corrected chi connectivity index (χ4v) is 3.88. The Labute approximate surface area is 109 Å². The molecule has 1 aromatic heterocycles. The largest absolute Gasteiger partial charge is 0.306 e. The second kappa shape index (κ2) is 5.40. The topological polar surface area (TPSA) is 24.9 Å². The highest BCUT2D eigenvalue weighted by molar-refractivity contribution is 7.99. The van der Waals surface area contributed by atoms with Gasteiger partial charge in [-0.25, -0.2) is 0 Å². The first-order valence-corrected chi connectivity index (χ1v) is 7.49. The summed E-state index contributed by atoms with van der Waals surface area (Å²) in [6.45, 7) is 7.00. The summed E-state index contributed by atoms with van der Waals surface area (Å²) < 4.78 is 0. The van der Waals surface area contributed by atoms with Crippen LogP contribution >= 0.6 is 11.8 Å². The van der Waals surface area contributed by atoms with Crippen molar-refractivity contribution in [2.24, 2.45) is 5.41 Å². The third-order valence-corrected chi connectivity index (χ3v) is 4.84. The van der Waals surface area contributed by atoms with E-state index >= 15 is 0 Å². The van der Waals surface area contributed by atoms with Gasteiger partial charge in [-0.1, -0.05) is 13.8 Å². The molecule has 0 saturated carbocycles. The van der Waals surface area contributed by atoms with E-state index in [-0.39, 0.29) is 0 Å². The minimum atomic E-state index is 0.404. The number of hydrogen-bond donors (Lipinski definition) is 1. The zero-order valence-corrected chi connectivity index (χ0v) is 11.8. The molecule has 1 aromatic rings. The standard InChI is InChI=1S/C14H22N2S/c1-11(12-4-7-15-8-5-12)16-13-10-17-9-6-14(13,2)3/h4-5,7-8,11,13,16H,6,9-10H2,1-3H3/t11-,13?/m0/s1. The average Bonchev–Trinajstić information content (AvgIpc) is 2.33. The molecule has 17 heavy (non-hydrogen) atoms. The normalized spacial score (nSPS) is 25.5. The van der Waals surface area contributed by atoms with Gasteiger partial charge in [0.1, 0.15) is 0 Å². The minimum absolute atomic E-state index is 0.404. The Morgan fingerprint density at radius 1 is 1.41 bits per heavy atom. The lowest BCUT2D eigenvalue weighted by atomic mass is 9.82. The maximum atomic E-state index is 4.07. The van der Waals surface area contributed by atoms with Crippen molar-refractivity contribution in [2.45, 2.75) is 39.3 Å². The van der Waals surface area contributed by atoms with Crippen LogP contribution in [0.2, 0.25) is 0 Å². The number of pyridine rings is 1. The number of hydrogen-bond acceptors (Lipinski definition) is 3. The van der Waals surface area contributed by atoms with Crippen LogP contribution in [0.3, 0.4) is 0 Å². The van der Waals surface area contributed by atoms with Gasteiger partial charge < -0.3 is 5.32 Å². The lowest BCUT2D eigenvalue weighted by molar-refractivity contribution is 0.232. The van der Waals surface area contributed by atoms with E-state index in [1.165, 1.54) is 23.5 Å². The third-order valence-electron chi connectivity index (χ3n) is 3.78. The molecule has 2 nitrogen and oxygen atoms in total. The summed E-state index contributed by atoms with van der Waals surface area (Å²) in [5, 5.41) is 3.78. The molecule has 0 radical (unpaired) electrons. The molecule has 2 atom stereocenters. The maximum Gasteiger partial charge on any atom is 0.0296 e. The molecular weight excluding hydrogens is 228 g/mol. The monoisotopic (exact) mass is 250 g/mol. The molecule has 1 N–H and O–H groups in total. The van der Waals surface area contributed by atoms with Gasteiger partial charge in [0.15, 0.2) is 0 Å². The Hall–Kier alpha value is -0.540. The fraction of sp³-hybridized carbons (Fsp3) is 0.643. The van der Waals surface area contributed by atoms with Gasteiger partial charge in [0.25, 0.3) is 0 Å². The number of nitrogens with one attached hydrogen (secondary N) is 1. The van der Waals surface area contributed by atoms with Gasteiger partial charge in [-0.3, -0.25) is 4.98 Å². The quantitative estimate of drug-likeness (QED) is 0.891. The van der Waals surface area contributed by atoms with Crippen LogP contribution in [0, 0.1) is 5.41 Å². The molecule has 1 fully saturated rings. The van der Waals surface area contributed by atoms with Crippen LogP contribution < -0.4 is 5.32 Å². The summed E-state index contributed by atoms with van der Waals surface area (Å²) in [4.78, 5) is 4.07.